The zero-order valence-corrected chi connectivity index (χ0v) is 16.2. The highest BCUT2D eigenvalue weighted by atomic mass is 32.2. The first kappa shape index (κ1) is 20.1. The Hall–Kier alpha value is -2.18. The largest absolute Gasteiger partial charge is 0.390 e. The molecule has 4 atom stereocenters. The van der Waals surface area contributed by atoms with Gasteiger partial charge < -0.3 is 9.72 Å². The smallest absolute Gasteiger partial charge is 0.368 e. The van der Waals surface area contributed by atoms with Gasteiger partial charge in [-0.15, -0.1) is 0 Å². The first-order valence-corrected chi connectivity index (χ1v) is 10.7. The Kier molecular flexibility index (Phi) is 4.82. The van der Waals surface area contributed by atoms with Crippen molar-refractivity contribution < 1.29 is 26.3 Å². The second-order valence-corrected chi connectivity index (χ2v) is 9.35. The summed E-state index contributed by atoms with van der Waals surface area (Å²) in [7, 11) is -4.36. The molecule has 0 saturated carbocycles. The quantitative estimate of drug-likeness (QED) is 0.644. The average molecular weight is 431 g/mol. The van der Waals surface area contributed by atoms with E-state index in [9.17, 15) is 21.6 Å². The molecule has 1 fully saturated rings. The number of aromatic amines is 1. The number of H-pyrrole nitrogens is 1. The Morgan fingerprint density at radius 1 is 1.38 bits per heavy atom. The van der Waals surface area contributed by atoms with Gasteiger partial charge in [0.15, 0.2) is 11.3 Å². The van der Waals surface area contributed by atoms with E-state index < -0.39 is 40.1 Å². The van der Waals surface area contributed by atoms with Gasteiger partial charge in [0.2, 0.25) is 10.0 Å². The Bertz CT molecular complexity index is 1140. The number of rotatable bonds is 5. The van der Waals surface area contributed by atoms with Crippen molar-refractivity contribution in [1.82, 2.24) is 19.4 Å². The fraction of sp³-hybridized carbons (Fsp3) is 0.529. The van der Waals surface area contributed by atoms with E-state index in [2.05, 4.69) is 15.0 Å². The molecule has 0 aliphatic carbocycles. The number of aromatic nitrogens is 4. The van der Waals surface area contributed by atoms with Gasteiger partial charge in [-0.3, -0.25) is 4.40 Å². The van der Waals surface area contributed by atoms with Gasteiger partial charge in [-0.05, 0) is 24.8 Å². The van der Waals surface area contributed by atoms with Crippen molar-refractivity contribution in [1.29, 1.82) is 0 Å². The van der Waals surface area contributed by atoms with Crippen LogP contribution >= 0.6 is 0 Å². The molecule has 158 valence electrons. The molecule has 4 heterocycles. The fourth-order valence-electron chi connectivity index (χ4n) is 4.03. The molecule has 3 N–H and O–H groups in total. The fourth-order valence-corrected chi connectivity index (χ4v) is 4.93. The summed E-state index contributed by atoms with van der Waals surface area (Å²) in [6, 6.07) is 1.85. The minimum atomic E-state index is -4.63. The molecule has 29 heavy (non-hydrogen) atoms. The number of alkyl halides is 3. The van der Waals surface area contributed by atoms with Gasteiger partial charge in [0.1, 0.15) is 6.10 Å². The van der Waals surface area contributed by atoms with Crippen LogP contribution in [0, 0.1) is 5.92 Å². The molecule has 0 amide bonds. The van der Waals surface area contributed by atoms with Crippen LogP contribution in [0.1, 0.15) is 38.0 Å². The van der Waals surface area contributed by atoms with Gasteiger partial charge in [0.25, 0.3) is 0 Å². The maximum atomic E-state index is 12.8. The van der Waals surface area contributed by atoms with Crippen LogP contribution in [-0.4, -0.2) is 45.3 Å². The lowest BCUT2D eigenvalue weighted by Gasteiger charge is -2.20. The van der Waals surface area contributed by atoms with Gasteiger partial charge in [0, 0.05) is 6.20 Å². The van der Waals surface area contributed by atoms with Crippen LogP contribution in [0.25, 0.3) is 16.8 Å². The van der Waals surface area contributed by atoms with Crippen molar-refractivity contribution in [2.45, 2.75) is 49.8 Å². The van der Waals surface area contributed by atoms with Crippen LogP contribution < -0.4 is 5.14 Å². The van der Waals surface area contributed by atoms with Crippen LogP contribution in [0.5, 0.6) is 0 Å². The number of halogens is 3. The zero-order chi connectivity index (χ0) is 21.0. The lowest BCUT2D eigenvalue weighted by molar-refractivity contribution is -0.136. The standard InChI is InChI=1S/C17H20F3N5O3S/c1-9-4-10(5-11(29(21,26)27)6-17(18,19)20)28-15(9)13-7-23-14-8-24-16-12(25(13)14)2-3-22-16/h2-3,7-11,15,22H,4-6H2,1H3,(H2,21,26,27)/t9-,10-,11?,15+/m0/s1. The molecule has 0 aromatic carbocycles. The summed E-state index contributed by atoms with van der Waals surface area (Å²) in [6.45, 7) is 1.91. The van der Waals surface area contributed by atoms with E-state index in [1.54, 1.807) is 18.6 Å². The number of primary sulfonamides is 1. The topological polar surface area (TPSA) is 115 Å². The van der Waals surface area contributed by atoms with Gasteiger partial charge in [0.05, 0.1) is 41.4 Å². The SMILES string of the molecule is C[C@H]1C[C@@H](CC(CC(F)(F)F)S(N)(=O)=O)O[C@H]1c1cnc2cnc3[nH]ccc3n12. The molecule has 0 spiro atoms. The summed E-state index contributed by atoms with van der Waals surface area (Å²) in [5, 5.41) is 3.31. The third-order valence-electron chi connectivity index (χ3n) is 5.30. The molecule has 0 radical (unpaired) electrons. The maximum Gasteiger partial charge on any atom is 0.390 e. The summed E-state index contributed by atoms with van der Waals surface area (Å²) in [4.78, 5) is 11.6. The van der Waals surface area contributed by atoms with Crippen molar-refractivity contribution in [2.24, 2.45) is 11.1 Å². The van der Waals surface area contributed by atoms with Crippen molar-refractivity contribution in [3.05, 3.63) is 30.4 Å². The summed E-state index contributed by atoms with van der Waals surface area (Å²) < 4.78 is 69.6. The molecule has 0 bridgehead atoms. The molecule has 1 aliphatic rings. The van der Waals surface area contributed by atoms with E-state index in [0.717, 1.165) is 11.2 Å². The maximum absolute atomic E-state index is 12.8. The number of nitrogens with two attached hydrogens (primary N) is 1. The summed E-state index contributed by atoms with van der Waals surface area (Å²) >= 11 is 0. The molecule has 1 aliphatic heterocycles. The molecule has 3 aromatic rings. The molecule has 4 rings (SSSR count). The van der Waals surface area contributed by atoms with E-state index in [1.807, 2.05) is 17.4 Å². The highest BCUT2D eigenvalue weighted by molar-refractivity contribution is 7.89. The predicted molar refractivity (Wildman–Crippen MR) is 98.4 cm³/mol. The zero-order valence-electron chi connectivity index (χ0n) is 15.4. The first-order valence-electron chi connectivity index (χ1n) is 9.06. The van der Waals surface area contributed by atoms with Crippen LogP contribution in [0.15, 0.2) is 24.7 Å². The second kappa shape index (κ2) is 6.96. The average Bonchev–Trinajstić information content (AvgIpc) is 3.28. The minimum Gasteiger partial charge on any atom is -0.368 e. The van der Waals surface area contributed by atoms with Crippen LogP contribution in [0.3, 0.4) is 0 Å². The Balaban J connectivity index is 1.61. The van der Waals surface area contributed by atoms with E-state index in [4.69, 9.17) is 9.88 Å². The van der Waals surface area contributed by atoms with Crippen LogP contribution in [-0.2, 0) is 14.8 Å². The number of sulfonamides is 1. The van der Waals surface area contributed by atoms with Crippen LogP contribution in [0.4, 0.5) is 13.2 Å². The molecular formula is C17H20F3N5O3S. The monoisotopic (exact) mass is 431 g/mol. The number of nitrogens with zero attached hydrogens (tertiary/aromatic N) is 3. The van der Waals surface area contributed by atoms with Crippen molar-refractivity contribution in [3.63, 3.8) is 0 Å². The number of imidazole rings is 1. The molecule has 12 heteroatoms. The summed E-state index contributed by atoms with van der Waals surface area (Å²) in [6.07, 6.45) is -2.10. The molecular weight excluding hydrogens is 411 g/mol. The highest BCUT2D eigenvalue weighted by Gasteiger charge is 2.42. The van der Waals surface area contributed by atoms with E-state index in [-0.39, 0.29) is 12.3 Å². The van der Waals surface area contributed by atoms with Gasteiger partial charge in [-0.1, -0.05) is 6.92 Å². The lowest BCUT2D eigenvalue weighted by Crippen LogP contribution is -2.35. The normalized spacial score (nSPS) is 24.5. The van der Waals surface area contributed by atoms with E-state index >= 15 is 0 Å². The number of hydrogen-bond acceptors (Lipinski definition) is 5. The van der Waals surface area contributed by atoms with Gasteiger partial charge in [-0.2, -0.15) is 13.2 Å². The molecule has 3 aromatic heterocycles. The summed E-state index contributed by atoms with van der Waals surface area (Å²) in [5.74, 6) is -0.0472. The Morgan fingerprint density at radius 2 is 2.14 bits per heavy atom. The predicted octanol–water partition coefficient (Wildman–Crippen LogP) is 2.68. The minimum absolute atomic E-state index is 0.0472. The lowest BCUT2D eigenvalue weighted by atomic mass is 9.98. The third kappa shape index (κ3) is 3.96. The highest BCUT2D eigenvalue weighted by Crippen LogP contribution is 2.41. The van der Waals surface area contributed by atoms with Crippen molar-refractivity contribution in [2.75, 3.05) is 0 Å². The first-order chi connectivity index (χ1) is 13.5. The van der Waals surface area contributed by atoms with Gasteiger partial charge in [-0.25, -0.2) is 23.5 Å². The summed E-state index contributed by atoms with van der Waals surface area (Å²) in [5.41, 5.74) is 2.82. The Morgan fingerprint density at radius 3 is 2.83 bits per heavy atom. The second-order valence-electron chi connectivity index (χ2n) is 7.50. The van der Waals surface area contributed by atoms with Gasteiger partial charge >= 0.3 is 6.18 Å². The molecule has 1 saturated heterocycles. The number of fused-ring (bicyclic) bond motifs is 3. The Labute approximate surface area is 164 Å². The number of ether oxygens (including phenoxy) is 1. The number of hydrogen-bond donors (Lipinski definition) is 2. The van der Waals surface area contributed by atoms with Crippen molar-refractivity contribution >= 4 is 26.8 Å². The van der Waals surface area contributed by atoms with Crippen LogP contribution in [0.2, 0.25) is 0 Å². The van der Waals surface area contributed by atoms with E-state index in [1.165, 1.54) is 0 Å². The van der Waals surface area contributed by atoms with Crippen molar-refractivity contribution in [3.8, 4) is 0 Å². The third-order valence-corrected chi connectivity index (χ3v) is 6.59. The van der Waals surface area contributed by atoms with E-state index in [0.29, 0.717) is 17.7 Å². The number of nitrogens with one attached hydrogen (secondary N) is 1. The molecule has 1 unspecified atom stereocenters. The molecule has 8 nitrogen and oxygen atoms in total.